The van der Waals surface area contributed by atoms with Gasteiger partial charge in [-0.3, -0.25) is 9.69 Å². The molecule has 2 saturated heterocycles. The zero-order valence-electron chi connectivity index (χ0n) is 11.7. The summed E-state index contributed by atoms with van der Waals surface area (Å²) in [5, 5.41) is 0.161. The predicted molar refractivity (Wildman–Crippen MR) is 79.6 cm³/mol. The van der Waals surface area contributed by atoms with Crippen LogP contribution in [-0.4, -0.2) is 47.5 Å². The number of esters is 1. The molecule has 0 aliphatic carbocycles. The van der Waals surface area contributed by atoms with Crippen molar-refractivity contribution < 1.29 is 19.0 Å². The molecule has 6 heteroatoms. The lowest BCUT2D eigenvalue weighted by atomic mass is 10.2. The number of hydrogen-bond donors (Lipinski definition) is 0. The highest BCUT2D eigenvalue weighted by molar-refractivity contribution is 7.79. The number of hydrogen-bond acceptors (Lipinski definition) is 6. The quantitative estimate of drug-likeness (QED) is 0.467. The van der Waals surface area contributed by atoms with E-state index in [1.54, 1.807) is 6.92 Å². The summed E-state index contributed by atoms with van der Waals surface area (Å²) in [6.45, 7) is 3.26. The lowest BCUT2D eigenvalue weighted by molar-refractivity contribution is -0.143. The van der Waals surface area contributed by atoms with Gasteiger partial charge in [-0.2, -0.15) is 0 Å². The number of benzene rings is 1. The van der Waals surface area contributed by atoms with Crippen molar-refractivity contribution in [3.05, 3.63) is 35.9 Å². The summed E-state index contributed by atoms with van der Waals surface area (Å²) < 4.78 is 15.8. The molecule has 3 rings (SSSR count). The minimum absolute atomic E-state index is 0.0373. The first-order valence-electron chi connectivity index (χ1n) is 7.00. The fourth-order valence-corrected chi connectivity index (χ4v) is 2.92. The van der Waals surface area contributed by atoms with Crippen molar-refractivity contribution in [1.29, 1.82) is 0 Å². The van der Waals surface area contributed by atoms with Crippen LogP contribution in [0.2, 0.25) is 0 Å². The van der Waals surface area contributed by atoms with E-state index in [1.807, 2.05) is 30.3 Å². The van der Waals surface area contributed by atoms with Crippen molar-refractivity contribution in [2.45, 2.75) is 31.7 Å². The van der Waals surface area contributed by atoms with Crippen LogP contribution in [0.1, 0.15) is 12.5 Å². The first kappa shape index (κ1) is 14.3. The minimum atomic E-state index is -0.278. The second-order valence-electron chi connectivity index (χ2n) is 5.06. The highest BCUT2D eigenvalue weighted by Gasteiger charge is 2.59. The van der Waals surface area contributed by atoms with E-state index in [0.29, 0.717) is 19.8 Å². The molecule has 112 valence electrons. The third kappa shape index (κ3) is 3.01. The molecular weight excluding hydrogens is 290 g/mol. The van der Waals surface area contributed by atoms with E-state index in [4.69, 9.17) is 26.4 Å². The number of thiocarbonyl (C=S) groups is 1. The maximum absolute atomic E-state index is 12.1. The molecule has 4 atom stereocenters. The second kappa shape index (κ2) is 5.99. The summed E-state index contributed by atoms with van der Waals surface area (Å²) in [4.78, 5) is 14.1. The molecule has 2 fully saturated rings. The van der Waals surface area contributed by atoms with E-state index >= 15 is 0 Å². The van der Waals surface area contributed by atoms with Crippen LogP contribution < -0.4 is 0 Å². The van der Waals surface area contributed by atoms with Crippen molar-refractivity contribution in [2.75, 3.05) is 13.2 Å². The van der Waals surface area contributed by atoms with Crippen LogP contribution in [0.15, 0.2) is 30.3 Å². The molecule has 2 aliphatic rings. The number of nitrogens with zero attached hydrogens (tertiary/aromatic N) is 1. The van der Waals surface area contributed by atoms with Crippen molar-refractivity contribution in [3.8, 4) is 0 Å². The predicted octanol–water partition coefficient (Wildman–Crippen LogP) is 1.50. The largest absolute Gasteiger partial charge is 0.465 e. The average Bonchev–Trinajstić information content (AvgIpc) is 3.02. The van der Waals surface area contributed by atoms with Crippen molar-refractivity contribution in [3.63, 3.8) is 0 Å². The molecule has 21 heavy (non-hydrogen) atoms. The molecule has 0 radical (unpaired) electrons. The Hall–Kier alpha value is -1.66. The van der Waals surface area contributed by atoms with E-state index in [-0.39, 0.29) is 29.4 Å². The van der Waals surface area contributed by atoms with Gasteiger partial charge in [0.05, 0.1) is 12.6 Å². The number of ether oxygens (including phenoxy) is 3. The molecule has 2 aliphatic heterocycles. The monoisotopic (exact) mass is 307 g/mol. The molecule has 1 unspecified atom stereocenters. The Balaban J connectivity index is 1.70. The minimum Gasteiger partial charge on any atom is -0.465 e. The molecule has 0 spiro atoms. The van der Waals surface area contributed by atoms with Gasteiger partial charge in [0.2, 0.25) is 0 Å². The van der Waals surface area contributed by atoms with E-state index in [9.17, 15) is 4.79 Å². The zero-order valence-corrected chi connectivity index (χ0v) is 12.5. The molecule has 0 amide bonds. The van der Waals surface area contributed by atoms with Gasteiger partial charge in [0, 0.05) is 18.8 Å². The van der Waals surface area contributed by atoms with Gasteiger partial charge in [0.25, 0.3) is 0 Å². The number of carbonyl (C=O) groups is 1. The van der Waals surface area contributed by atoms with Crippen LogP contribution in [0, 0.1) is 0 Å². The summed E-state index contributed by atoms with van der Waals surface area (Å²) in [7, 11) is 0. The fourth-order valence-electron chi connectivity index (χ4n) is 2.72. The normalized spacial score (nSPS) is 30.4. The molecule has 5 nitrogen and oxygen atoms in total. The molecule has 1 aromatic rings. The number of carbonyl (C=O) groups excluding carboxylic acids is 1. The Kier molecular flexibility index (Phi) is 4.07. The third-order valence-corrected chi connectivity index (χ3v) is 3.92. The fraction of sp³-hybridized carbons (Fsp3) is 0.467. The smallest absolute Gasteiger partial charge is 0.352 e. The van der Waals surface area contributed by atoms with Gasteiger partial charge in [0.15, 0.2) is 6.10 Å². The summed E-state index contributed by atoms with van der Waals surface area (Å²) in [5.74, 6) is -0.208. The van der Waals surface area contributed by atoms with E-state index in [0.717, 1.165) is 5.56 Å². The van der Waals surface area contributed by atoms with Gasteiger partial charge in [-0.15, -0.1) is 0 Å². The van der Waals surface area contributed by atoms with E-state index in [2.05, 4.69) is 4.90 Å². The van der Waals surface area contributed by atoms with Crippen molar-refractivity contribution in [1.82, 2.24) is 4.90 Å². The molecular formula is C15H17NO4S. The van der Waals surface area contributed by atoms with Gasteiger partial charge < -0.3 is 14.2 Å². The highest BCUT2D eigenvalue weighted by Crippen LogP contribution is 2.37. The Morgan fingerprint density at radius 3 is 2.81 bits per heavy atom. The molecule has 1 aromatic carbocycles. The van der Waals surface area contributed by atoms with Crippen LogP contribution in [0.25, 0.3) is 0 Å². The topological polar surface area (TPSA) is 47.8 Å². The SMILES string of the molecule is CCOC(=O)[C@H]1[C@H]([C@H]2COC(=S)O2)N1Cc1ccccc1. The first-order valence-corrected chi connectivity index (χ1v) is 7.41. The molecule has 0 N–H and O–H groups in total. The Morgan fingerprint density at radius 1 is 1.43 bits per heavy atom. The molecule has 2 heterocycles. The van der Waals surface area contributed by atoms with Gasteiger partial charge in [0.1, 0.15) is 12.6 Å². The maximum Gasteiger partial charge on any atom is 0.352 e. The summed E-state index contributed by atoms with van der Waals surface area (Å²) in [5.41, 5.74) is 1.15. The van der Waals surface area contributed by atoms with Crippen molar-refractivity contribution >= 4 is 23.4 Å². The summed E-state index contributed by atoms with van der Waals surface area (Å²) in [6, 6.07) is 9.69. The zero-order chi connectivity index (χ0) is 14.8. The van der Waals surface area contributed by atoms with E-state index < -0.39 is 0 Å². The highest BCUT2D eigenvalue weighted by atomic mass is 32.1. The van der Waals surface area contributed by atoms with Gasteiger partial charge in [-0.1, -0.05) is 30.3 Å². The van der Waals surface area contributed by atoms with Gasteiger partial charge in [-0.05, 0) is 12.5 Å². The third-order valence-electron chi connectivity index (χ3n) is 3.70. The average molecular weight is 307 g/mol. The van der Waals surface area contributed by atoms with Crippen LogP contribution in [0.5, 0.6) is 0 Å². The maximum atomic E-state index is 12.1. The van der Waals surface area contributed by atoms with E-state index in [1.165, 1.54) is 0 Å². The van der Waals surface area contributed by atoms with Crippen molar-refractivity contribution in [2.24, 2.45) is 0 Å². The van der Waals surface area contributed by atoms with Crippen LogP contribution in [0.4, 0.5) is 0 Å². The van der Waals surface area contributed by atoms with Crippen LogP contribution >= 0.6 is 12.2 Å². The molecule has 0 bridgehead atoms. The standard InChI is InChI=1S/C15H17NO4S/c1-2-18-14(17)13-12(11-9-19-15(21)20-11)16(13)8-10-6-4-3-5-7-10/h3-7,11-13H,2,8-9H2,1H3/t11-,12+,13-,16?/m1/s1. The summed E-state index contributed by atoms with van der Waals surface area (Å²) >= 11 is 4.89. The summed E-state index contributed by atoms with van der Waals surface area (Å²) in [6.07, 6.45) is -0.199. The second-order valence-corrected chi connectivity index (χ2v) is 5.40. The van der Waals surface area contributed by atoms with Crippen LogP contribution in [-0.2, 0) is 25.5 Å². The lowest BCUT2D eigenvalue weighted by Crippen LogP contribution is -2.24. The Labute approximate surface area is 128 Å². The molecule has 0 saturated carbocycles. The Morgan fingerprint density at radius 2 is 2.19 bits per heavy atom. The van der Waals surface area contributed by atoms with Gasteiger partial charge in [-0.25, -0.2) is 0 Å². The van der Waals surface area contributed by atoms with Crippen LogP contribution in [0.3, 0.4) is 0 Å². The molecule has 0 aromatic heterocycles. The lowest BCUT2D eigenvalue weighted by Gasteiger charge is -2.07. The van der Waals surface area contributed by atoms with Gasteiger partial charge >= 0.3 is 11.2 Å². The number of rotatable bonds is 5. The Bertz CT molecular complexity index is 536. The first-order chi connectivity index (χ1) is 10.2.